The number of sulfonamides is 1. The van der Waals surface area contributed by atoms with Gasteiger partial charge in [-0.05, 0) is 49.2 Å². The zero-order chi connectivity index (χ0) is 22.4. The lowest BCUT2D eigenvalue weighted by Crippen LogP contribution is -2.29. The summed E-state index contributed by atoms with van der Waals surface area (Å²) >= 11 is 0. The van der Waals surface area contributed by atoms with Crippen LogP contribution in [0.3, 0.4) is 0 Å². The van der Waals surface area contributed by atoms with Crippen LogP contribution in [-0.4, -0.2) is 26.3 Å². The highest BCUT2D eigenvalue weighted by Crippen LogP contribution is 2.21. The molecule has 0 saturated carbocycles. The summed E-state index contributed by atoms with van der Waals surface area (Å²) in [6, 6.07) is 23.6. The molecule has 0 bridgehead atoms. The first-order valence-electron chi connectivity index (χ1n) is 9.77. The van der Waals surface area contributed by atoms with Gasteiger partial charge in [0.2, 0.25) is 10.0 Å². The number of benzene rings is 3. The van der Waals surface area contributed by atoms with E-state index in [4.69, 9.17) is 0 Å². The van der Waals surface area contributed by atoms with Crippen molar-refractivity contribution in [1.29, 1.82) is 0 Å². The summed E-state index contributed by atoms with van der Waals surface area (Å²) in [5.41, 5.74) is 7.06. The topological polar surface area (TPSA) is 78.8 Å². The molecule has 0 spiro atoms. The van der Waals surface area contributed by atoms with Crippen LogP contribution in [0.4, 0.5) is 5.69 Å². The Hall–Kier alpha value is -3.45. The van der Waals surface area contributed by atoms with E-state index in [1.54, 1.807) is 24.3 Å². The lowest BCUT2D eigenvalue weighted by Gasteiger charge is -2.22. The minimum absolute atomic E-state index is 0.214. The first kappa shape index (κ1) is 22.2. The molecule has 0 heterocycles. The van der Waals surface area contributed by atoms with E-state index in [2.05, 4.69) is 10.5 Å². The van der Waals surface area contributed by atoms with Crippen molar-refractivity contribution in [3.63, 3.8) is 0 Å². The fourth-order valence-electron chi connectivity index (χ4n) is 2.99. The van der Waals surface area contributed by atoms with Crippen molar-refractivity contribution in [1.82, 2.24) is 5.43 Å². The van der Waals surface area contributed by atoms with Crippen molar-refractivity contribution in [2.45, 2.75) is 20.4 Å². The molecule has 0 unspecified atom stereocenters. The third-order valence-electron chi connectivity index (χ3n) is 4.78. The van der Waals surface area contributed by atoms with Crippen LogP contribution in [0.15, 0.2) is 84.0 Å². The zero-order valence-electron chi connectivity index (χ0n) is 17.7. The molecule has 1 N–H and O–H groups in total. The number of anilines is 1. The third kappa shape index (κ3) is 6.02. The van der Waals surface area contributed by atoms with Crippen LogP contribution in [0.5, 0.6) is 0 Å². The molecule has 0 aliphatic carbocycles. The van der Waals surface area contributed by atoms with Crippen molar-refractivity contribution in [3.8, 4) is 0 Å². The van der Waals surface area contributed by atoms with Gasteiger partial charge in [-0.3, -0.25) is 9.10 Å². The van der Waals surface area contributed by atoms with Gasteiger partial charge in [0, 0.05) is 5.56 Å². The van der Waals surface area contributed by atoms with Crippen LogP contribution in [0.1, 0.15) is 34.0 Å². The quantitative estimate of drug-likeness (QED) is 0.448. The molecule has 0 aliphatic heterocycles. The molecule has 3 rings (SSSR count). The van der Waals surface area contributed by atoms with E-state index in [0.717, 1.165) is 16.7 Å². The number of carbonyl (C=O) groups excluding carboxylic acids is 1. The zero-order valence-corrected chi connectivity index (χ0v) is 18.6. The highest BCUT2D eigenvalue weighted by molar-refractivity contribution is 7.92. The van der Waals surface area contributed by atoms with Crippen molar-refractivity contribution >= 4 is 27.3 Å². The fourth-order valence-corrected chi connectivity index (χ4v) is 3.88. The van der Waals surface area contributed by atoms with Crippen LogP contribution < -0.4 is 9.73 Å². The van der Waals surface area contributed by atoms with E-state index in [1.807, 2.05) is 68.4 Å². The number of nitrogens with one attached hydrogen (secondary N) is 1. The molecule has 6 nitrogen and oxygen atoms in total. The first-order chi connectivity index (χ1) is 14.7. The molecule has 1 amide bonds. The Morgan fingerprint density at radius 2 is 1.48 bits per heavy atom. The molecular weight excluding hydrogens is 410 g/mol. The van der Waals surface area contributed by atoms with Gasteiger partial charge in [-0.25, -0.2) is 13.8 Å². The van der Waals surface area contributed by atoms with Crippen LogP contribution >= 0.6 is 0 Å². The summed E-state index contributed by atoms with van der Waals surface area (Å²) in [6.07, 6.45) is 1.17. The highest BCUT2D eigenvalue weighted by atomic mass is 32.2. The number of aryl methyl sites for hydroxylation is 1. The van der Waals surface area contributed by atoms with Crippen molar-refractivity contribution < 1.29 is 13.2 Å². The Labute approximate surface area is 183 Å². The number of nitrogens with zero attached hydrogens (tertiary/aromatic N) is 2. The maximum atomic E-state index is 12.5. The lowest BCUT2D eigenvalue weighted by atomic mass is 10.1. The van der Waals surface area contributed by atoms with Gasteiger partial charge in [-0.2, -0.15) is 5.10 Å². The standard InChI is InChI=1S/C24H25N3O3S/c1-18-9-11-21(12-10-18)19(2)25-26-24(28)22-13-15-23(16-14-22)27(31(3,29)30)17-20-7-5-4-6-8-20/h4-16H,17H2,1-3H3,(H,26,28)/b25-19-. The molecule has 0 radical (unpaired) electrons. The van der Waals surface area contributed by atoms with Crippen LogP contribution in [0.25, 0.3) is 0 Å². The Kier molecular flexibility index (Phi) is 6.87. The smallest absolute Gasteiger partial charge is 0.267 e. The van der Waals surface area contributed by atoms with E-state index >= 15 is 0 Å². The normalized spacial score (nSPS) is 11.8. The molecule has 0 atom stereocenters. The van der Waals surface area contributed by atoms with E-state index in [0.29, 0.717) is 17.0 Å². The van der Waals surface area contributed by atoms with Gasteiger partial charge >= 0.3 is 0 Å². The molecule has 7 heteroatoms. The van der Waals surface area contributed by atoms with E-state index in [-0.39, 0.29) is 12.5 Å². The third-order valence-corrected chi connectivity index (χ3v) is 5.92. The predicted octanol–water partition coefficient (Wildman–Crippen LogP) is 4.12. The Morgan fingerprint density at radius 3 is 2.06 bits per heavy atom. The summed E-state index contributed by atoms with van der Waals surface area (Å²) in [4.78, 5) is 12.5. The monoisotopic (exact) mass is 435 g/mol. The molecular formula is C24H25N3O3S. The fraction of sp³-hybridized carbons (Fsp3) is 0.167. The number of rotatable bonds is 7. The molecule has 0 saturated heterocycles. The van der Waals surface area contributed by atoms with E-state index < -0.39 is 10.0 Å². The average molecular weight is 436 g/mol. The minimum atomic E-state index is -3.49. The molecule has 0 fully saturated rings. The van der Waals surface area contributed by atoms with E-state index in [9.17, 15) is 13.2 Å². The van der Waals surface area contributed by atoms with Gasteiger partial charge in [-0.15, -0.1) is 0 Å². The minimum Gasteiger partial charge on any atom is -0.267 e. The Bertz CT molecular complexity index is 1170. The van der Waals surface area contributed by atoms with Gasteiger partial charge in [0.25, 0.3) is 5.91 Å². The van der Waals surface area contributed by atoms with Gasteiger partial charge in [-0.1, -0.05) is 60.2 Å². The summed E-state index contributed by atoms with van der Waals surface area (Å²) in [7, 11) is -3.49. The van der Waals surface area contributed by atoms with Crippen LogP contribution in [-0.2, 0) is 16.6 Å². The van der Waals surface area contributed by atoms with E-state index in [1.165, 1.54) is 10.6 Å². The second-order valence-electron chi connectivity index (χ2n) is 7.31. The summed E-state index contributed by atoms with van der Waals surface area (Å²) in [5.74, 6) is -0.369. The molecule has 160 valence electrons. The molecule has 31 heavy (non-hydrogen) atoms. The number of carbonyl (C=O) groups is 1. The summed E-state index contributed by atoms with van der Waals surface area (Å²) in [6.45, 7) is 4.04. The highest BCUT2D eigenvalue weighted by Gasteiger charge is 2.18. The maximum absolute atomic E-state index is 12.5. The molecule has 3 aromatic rings. The number of amides is 1. The van der Waals surface area contributed by atoms with Crippen LogP contribution in [0.2, 0.25) is 0 Å². The first-order valence-corrected chi connectivity index (χ1v) is 11.6. The second kappa shape index (κ2) is 9.57. The largest absolute Gasteiger partial charge is 0.271 e. The molecule has 3 aromatic carbocycles. The SMILES string of the molecule is C/C(=N/NC(=O)c1ccc(N(Cc2ccccc2)S(C)(=O)=O)cc1)c1ccc(C)cc1. The second-order valence-corrected chi connectivity index (χ2v) is 9.21. The predicted molar refractivity (Wildman–Crippen MR) is 125 cm³/mol. The van der Waals surface area contributed by atoms with Crippen molar-refractivity contribution in [2.24, 2.45) is 5.10 Å². The Balaban J connectivity index is 1.73. The van der Waals surface area contributed by atoms with Gasteiger partial charge in [0.05, 0.1) is 24.2 Å². The van der Waals surface area contributed by atoms with Gasteiger partial charge in [0.1, 0.15) is 0 Å². The molecule has 0 aromatic heterocycles. The Morgan fingerprint density at radius 1 is 0.903 bits per heavy atom. The van der Waals surface area contributed by atoms with Crippen LogP contribution in [0, 0.1) is 6.92 Å². The average Bonchev–Trinajstić information content (AvgIpc) is 2.76. The lowest BCUT2D eigenvalue weighted by molar-refractivity contribution is 0.0955. The number of hydrogen-bond donors (Lipinski definition) is 1. The van der Waals surface area contributed by atoms with Gasteiger partial charge < -0.3 is 0 Å². The maximum Gasteiger partial charge on any atom is 0.271 e. The summed E-state index contributed by atoms with van der Waals surface area (Å²) < 4.78 is 25.9. The van der Waals surface area contributed by atoms with Crippen molar-refractivity contribution in [3.05, 3.63) is 101 Å². The van der Waals surface area contributed by atoms with Gasteiger partial charge in [0.15, 0.2) is 0 Å². The summed E-state index contributed by atoms with van der Waals surface area (Å²) in [5, 5.41) is 4.16. The van der Waals surface area contributed by atoms with Crippen molar-refractivity contribution in [2.75, 3.05) is 10.6 Å². The molecule has 0 aliphatic rings. The number of hydrazone groups is 1. The number of hydrogen-bond acceptors (Lipinski definition) is 4.